The zero-order valence-corrected chi connectivity index (χ0v) is 20.8. The van der Waals surface area contributed by atoms with Crippen LogP contribution in [0.1, 0.15) is 5.56 Å². The number of fused-ring (bicyclic) bond motifs is 1. The Balaban J connectivity index is 1.48. The second-order valence-electron chi connectivity index (χ2n) is 8.44. The molecule has 2 N–H and O–H groups in total. The van der Waals surface area contributed by atoms with Gasteiger partial charge in [0.25, 0.3) is 0 Å². The monoisotopic (exact) mass is 522 g/mol. The third kappa shape index (κ3) is 5.61. The lowest BCUT2D eigenvalue weighted by Gasteiger charge is -2.18. The summed E-state index contributed by atoms with van der Waals surface area (Å²) in [6, 6.07) is 9.04. The number of aromatic nitrogens is 6. The fourth-order valence-corrected chi connectivity index (χ4v) is 5.21. The predicted molar refractivity (Wildman–Crippen MR) is 138 cm³/mol. The summed E-state index contributed by atoms with van der Waals surface area (Å²) in [5.74, 6) is -0.809. The van der Waals surface area contributed by atoms with Crippen molar-refractivity contribution in [3.05, 3.63) is 72.4 Å². The molecular formula is C25H24F2N8OS. The number of likely N-dealkylation sites (N-methyl/N-ethyl adjacent to an activating group) is 1. The number of hydrogen-bond donors (Lipinski definition) is 2. The molecule has 0 fully saturated rings. The van der Waals surface area contributed by atoms with Gasteiger partial charge in [0.05, 0.1) is 30.4 Å². The van der Waals surface area contributed by atoms with Crippen molar-refractivity contribution in [2.45, 2.75) is 13.1 Å². The number of thiophene rings is 1. The van der Waals surface area contributed by atoms with Crippen LogP contribution in [0.15, 0.2) is 55.1 Å². The first kappa shape index (κ1) is 24.8. The average Bonchev–Trinajstić information content (AvgIpc) is 3.56. The Labute approximate surface area is 215 Å². The molecule has 0 aliphatic carbocycles. The van der Waals surface area contributed by atoms with Gasteiger partial charge in [-0.2, -0.15) is 4.39 Å². The van der Waals surface area contributed by atoms with Crippen LogP contribution in [0.5, 0.6) is 0 Å². The number of anilines is 1. The second-order valence-corrected chi connectivity index (χ2v) is 9.50. The number of hydrogen-bond acceptors (Lipinski definition) is 9. The maximum atomic E-state index is 14.8. The van der Waals surface area contributed by atoms with E-state index in [0.29, 0.717) is 42.6 Å². The van der Waals surface area contributed by atoms with Crippen LogP contribution in [0, 0.1) is 11.8 Å². The molecule has 4 aromatic heterocycles. The van der Waals surface area contributed by atoms with Crippen molar-refractivity contribution in [1.29, 1.82) is 0 Å². The molecule has 9 nitrogen and oxygen atoms in total. The van der Waals surface area contributed by atoms with Gasteiger partial charge in [0.2, 0.25) is 11.9 Å². The summed E-state index contributed by atoms with van der Waals surface area (Å²) in [4.78, 5) is 14.9. The van der Waals surface area contributed by atoms with Gasteiger partial charge >= 0.3 is 0 Å². The summed E-state index contributed by atoms with van der Waals surface area (Å²) < 4.78 is 31.6. The minimum Gasteiger partial charge on any atom is -0.395 e. The third-order valence-electron chi connectivity index (χ3n) is 5.78. The van der Waals surface area contributed by atoms with Crippen molar-refractivity contribution in [2.24, 2.45) is 0 Å². The molecule has 0 spiro atoms. The normalized spacial score (nSPS) is 11.5. The molecule has 190 valence electrons. The number of pyridine rings is 1. The molecule has 0 saturated heterocycles. The zero-order chi connectivity index (χ0) is 25.8. The smallest absolute Gasteiger partial charge is 0.223 e. The predicted octanol–water partition coefficient (Wildman–Crippen LogP) is 3.83. The molecule has 0 aliphatic rings. The van der Waals surface area contributed by atoms with Crippen molar-refractivity contribution < 1.29 is 13.9 Å². The van der Waals surface area contributed by atoms with Crippen LogP contribution in [0.25, 0.3) is 31.8 Å². The highest BCUT2D eigenvalue weighted by atomic mass is 32.1. The number of benzene rings is 1. The fraction of sp³-hybridized carbons (Fsp3) is 0.240. The van der Waals surface area contributed by atoms with Gasteiger partial charge in [0.15, 0.2) is 5.82 Å². The molecule has 0 radical (unpaired) electrons. The van der Waals surface area contributed by atoms with Crippen LogP contribution in [-0.2, 0) is 13.1 Å². The molecule has 1 aromatic carbocycles. The molecule has 5 aromatic rings. The number of nitrogens with zero attached hydrogens (tertiary/aromatic N) is 7. The van der Waals surface area contributed by atoms with Crippen molar-refractivity contribution in [2.75, 3.05) is 32.1 Å². The van der Waals surface area contributed by atoms with Gasteiger partial charge in [-0.25, -0.2) is 19.3 Å². The zero-order valence-electron chi connectivity index (χ0n) is 20.0. The lowest BCUT2D eigenvalue weighted by molar-refractivity contribution is 0.217. The van der Waals surface area contributed by atoms with Crippen LogP contribution in [0.4, 0.5) is 14.7 Å². The maximum absolute atomic E-state index is 14.8. The molecular weight excluding hydrogens is 498 g/mol. The van der Waals surface area contributed by atoms with E-state index >= 15 is 0 Å². The second kappa shape index (κ2) is 11.0. The lowest BCUT2D eigenvalue weighted by Crippen LogP contribution is -2.22. The first-order valence-electron chi connectivity index (χ1n) is 11.6. The van der Waals surface area contributed by atoms with Crippen LogP contribution in [0.3, 0.4) is 0 Å². The molecule has 0 unspecified atom stereocenters. The van der Waals surface area contributed by atoms with Gasteiger partial charge in [-0.05, 0) is 29.6 Å². The summed E-state index contributed by atoms with van der Waals surface area (Å²) in [6.07, 6.45) is 6.02. The molecule has 0 saturated carbocycles. The van der Waals surface area contributed by atoms with Gasteiger partial charge in [-0.1, -0.05) is 23.4 Å². The van der Waals surface area contributed by atoms with E-state index in [0.717, 1.165) is 27.4 Å². The highest BCUT2D eigenvalue weighted by Gasteiger charge is 2.17. The van der Waals surface area contributed by atoms with Crippen molar-refractivity contribution in [1.82, 2.24) is 34.8 Å². The van der Waals surface area contributed by atoms with E-state index in [-0.39, 0.29) is 12.3 Å². The fourth-order valence-electron chi connectivity index (χ4n) is 4.03. The van der Waals surface area contributed by atoms with Gasteiger partial charge in [0, 0.05) is 48.4 Å². The number of rotatable bonds is 10. The van der Waals surface area contributed by atoms with Crippen LogP contribution in [-0.4, -0.2) is 66.7 Å². The summed E-state index contributed by atoms with van der Waals surface area (Å²) in [5.41, 5.74) is 2.54. The Hall–Kier alpha value is -3.87. The van der Waals surface area contributed by atoms with E-state index in [9.17, 15) is 13.9 Å². The van der Waals surface area contributed by atoms with Gasteiger partial charge in [-0.15, -0.1) is 16.4 Å². The highest BCUT2D eigenvalue weighted by molar-refractivity contribution is 7.22. The minimum atomic E-state index is -0.583. The molecule has 0 atom stereocenters. The third-order valence-corrected chi connectivity index (χ3v) is 6.97. The molecule has 0 bridgehead atoms. The van der Waals surface area contributed by atoms with Gasteiger partial charge in [0.1, 0.15) is 5.69 Å². The lowest BCUT2D eigenvalue weighted by atomic mass is 10.00. The Kier molecular flexibility index (Phi) is 7.40. The Morgan fingerprint density at radius 3 is 2.84 bits per heavy atom. The maximum Gasteiger partial charge on any atom is 0.223 e. The topological polar surface area (TPSA) is 105 Å². The van der Waals surface area contributed by atoms with E-state index in [1.807, 2.05) is 36.2 Å². The Bertz CT molecular complexity index is 1510. The standard InChI is InChI=1S/C25H24F2N8OS/c1-34(9-10-36)15-17-13-29-22(27)12-19(17)18-4-2-3-16-11-21(37-24(16)18)23-20(26)14-30-25(32-23)28-5-7-35-8-6-31-33-35/h2-4,6,8,11-14,36H,5,7,9-10,15H2,1H3,(H,28,30,32). The Morgan fingerprint density at radius 2 is 2.03 bits per heavy atom. The van der Waals surface area contributed by atoms with Gasteiger partial charge < -0.3 is 10.4 Å². The molecule has 4 heterocycles. The summed E-state index contributed by atoms with van der Waals surface area (Å²) in [7, 11) is 1.88. The molecule has 37 heavy (non-hydrogen) atoms. The Morgan fingerprint density at radius 1 is 1.14 bits per heavy atom. The first-order chi connectivity index (χ1) is 18.0. The highest BCUT2D eigenvalue weighted by Crippen LogP contribution is 2.40. The molecule has 0 amide bonds. The quantitative estimate of drug-likeness (QED) is 0.267. The van der Waals surface area contributed by atoms with E-state index < -0.39 is 11.8 Å². The van der Waals surface area contributed by atoms with E-state index in [1.165, 1.54) is 23.6 Å². The summed E-state index contributed by atoms with van der Waals surface area (Å²) >= 11 is 1.38. The van der Waals surface area contributed by atoms with E-state index in [1.54, 1.807) is 17.1 Å². The first-order valence-corrected chi connectivity index (χ1v) is 12.4. The van der Waals surface area contributed by atoms with Crippen LogP contribution in [0.2, 0.25) is 0 Å². The average molecular weight is 523 g/mol. The SMILES string of the molecule is CN(CCO)Cc1cnc(F)cc1-c1cccc2cc(-c3nc(NCCn4ccnn4)ncc3F)sc12. The van der Waals surface area contributed by atoms with E-state index in [2.05, 4.69) is 30.6 Å². The molecule has 5 rings (SSSR count). The summed E-state index contributed by atoms with van der Waals surface area (Å²) in [6.45, 7) is 2.03. The van der Waals surface area contributed by atoms with Crippen LogP contribution < -0.4 is 5.32 Å². The number of aliphatic hydroxyl groups is 1. The van der Waals surface area contributed by atoms with Crippen LogP contribution >= 0.6 is 11.3 Å². The number of halogens is 2. The largest absolute Gasteiger partial charge is 0.395 e. The number of aliphatic hydroxyl groups excluding tert-OH is 1. The number of nitrogens with one attached hydrogen (secondary N) is 1. The van der Waals surface area contributed by atoms with Crippen molar-refractivity contribution in [3.8, 4) is 21.7 Å². The molecule has 12 heteroatoms. The van der Waals surface area contributed by atoms with Crippen molar-refractivity contribution >= 4 is 27.4 Å². The molecule has 0 aliphatic heterocycles. The summed E-state index contributed by atoms with van der Waals surface area (Å²) in [5, 5.41) is 20.9. The minimum absolute atomic E-state index is 0.0200. The van der Waals surface area contributed by atoms with Crippen molar-refractivity contribution in [3.63, 3.8) is 0 Å². The van der Waals surface area contributed by atoms with Gasteiger partial charge in [-0.3, -0.25) is 9.58 Å². The van der Waals surface area contributed by atoms with E-state index in [4.69, 9.17) is 0 Å².